The van der Waals surface area contributed by atoms with Gasteiger partial charge >= 0.3 is 5.97 Å². The van der Waals surface area contributed by atoms with Crippen molar-refractivity contribution in [1.82, 2.24) is 9.97 Å². The second kappa shape index (κ2) is 5.54. The maximum absolute atomic E-state index is 11.3. The van der Waals surface area contributed by atoms with E-state index in [-0.39, 0.29) is 5.69 Å². The average Bonchev–Trinajstić information content (AvgIpc) is 3.01. The van der Waals surface area contributed by atoms with Crippen LogP contribution in [0.3, 0.4) is 0 Å². The molecule has 0 aliphatic carbocycles. The lowest BCUT2D eigenvalue weighted by atomic mass is 10.1. The highest BCUT2D eigenvalue weighted by atomic mass is 35.5. The molecule has 2 aromatic carbocycles. The van der Waals surface area contributed by atoms with Crippen LogP contribution >= 0.6 is 11.6 Å². The number of nitrogens with zero attached hydrogens (tertiary/aromatic N) is 1. The predicted molar refractivity (Wildman–Crippen MR) is 95.3 cm³/mol. The number of fused-ring (bicyclic) bond motifs is 3. The van der Waals surface area contributed by atoms with Crippen molar-refractivity contribution >= 4 is 50.9 Å². The molecule has 0 aliphatic heterocycles. The number of nitrogens with one attached hydrogen (secondary N) is 2. The molecule has 6 heteroatoms. The zero-order valence-corrected chi connectivity index (χ0v) is 13.1. The van der Waals surface area contributed by atoms with E-state index in [0.29, 0.717) is 16.2 Å². The van der Waals surface area contributed by atoms with E-state index >= 15 is 0 Å². The van der Waals surface area contributed by atoms with Crippen LogP contribution in [0.25, 0.3) is 21.8 Å². The molecule has 0 atom stereocenters. The van der Waals surface area contributed by atoms with Crippen molar-refractivity contribution in [2.45, 2.75) is 0 Å². The second-order valence-electron chi connectivity index (χ2n) is 5.39. The Morgan fingerprint density at radius 3 is 2.71 bits per heavy atom. The highest BCUT2D eigenvalue weighted by Crippen LogP contribution is 2.31. The highest BCUT2D eigenvalue weighted by molar-refractivity contribution is 6.30. The number of rotatable bonds is 3. The van der Waals surface area contributed by atoms with E-state index in [2.05, 4.69) is 15.3 Å². The van der Waals surface area contributed by atoms with Crippen molar-refractivity contribution in [2.24, 2.45) is 0 Å². The lowest BCUT2D eigenvalue weighted by Crippen LogP contribution is -1.95. The summed E-state index contributed by atoms with van der Waals surface area (Å²) in [7, 11) is 0. The summed E-state index contributed by atoms with van der Waals surface area (Å²) in [6, 6.07) is 16.5. The molecule has 2 aromatic heterocycles. The van der Waals surface area contributed by atoms with Crippen molar-refractivity contribution < 1.29 is 9.90 Å². The van der Waals surface area contributed by atoms with E-state index < -0.39 is 5.97 Å². The number of carboxylic acids is 1. The number of aromatic carboxylic acids is 1. The van der Waals surface area contributed by atoms with Gasteiger partial charge in [-0.15, -0.1) is 0 Å². The second-order valence-corrected chi connectivity index (χ2v) is 5.83. The van der Waals surface area contributed by atoms with Gasteiger partial charge in [0.15, 0.2) is 0 Å². The first-order valence-electron chi connectivity index (χ1n) is 7.29. The van der Waals surface area contributed by atoms with E-state index in [1.807, 2.05) is 36.4 Å². The summed E-state index contributed by atoms with van der Waals surface area (Å²) in [5, 5.41) is 14.7. The van der Waals surface area contributed by atoms with Gasteiger partial charge in [-0.25, -0.2) is 9.78 Å². The van der Waals surface area contributed by atoms with E-state index in [1.54, 1.807) is 18.2 Å². The Morgan fingerprint density at radius 2 is 1.92 bits per heavy atom. The van der Waals surface area contributed by atoms with Crippen LogP contribution in [0.2, 0.25) is 5.02 Å². The van der Waals surface area contributed by atoms with Crippen LogP contribution in [0.1, 0.15) is 10.5 Å². The van der Waals surface area contributed by atoms with Gasteiger partial charge in [0.1, 0.15) is 11.5 Å². The van der Waals surface area contributed by atoms with Crippen LogP contribution in [-0.2, 0) is 0 Å². The zero-order chi connectivity index (χ0) is 16.7. The largest absolute Gasteiger partial charge is 0.477 e. The number of para-hydroxylation sites is 1. The van der Waals surface area contributed by atoms with Gasteiger partial charge in [0.05, 0.1) is 11.0 Å². The van der Waals surface area contributed by atoms with E-state index in [1.165, 1.54) is 0 Å². The molecule has 24 heavy (non-hydrogen) atoms. The van der Waals surface area contributed by atoms with Crippen LogP contribution in [0.15, 0.2) is 54.6 Å². The Morgan fingerprint density at radius 1 is 1.08 bits per heavy atom. The fourth-order valence-corrected chi connectivity index (χ4v) is 2.92. The Labute approximate surface area is 141 Å². The summed E-state index contributed by atoms with van der Waals surface area (Å²) in [4.78, 5) is 18.9. The number of carbonyl (C=O) groups is 1. The number of pyridine rings is 1. The lowest BCUT2D eigenvalue weighted by molar-refractivity contribution is 0.0691. The summed E-state index contributed by atoms with van der Waals surface area (Å²) in [6.07, 6.45) is 0. The minimum Gasteiger partial charge on any atom is -0.477 e. The Bertz CT molecular complexity index is 1090. The molecule has 5 nitrogen and oxygen atoms in total. The SMILES string of the molecule is O=C(O)c1cc2c(Nc3cccc(Cl)c3)nc3ccccc3c2[nH]1. The fourth-order valence-electron chi connectivity index (χ4n) is 2.73. The first kappa shape index (κ1) is 14.5. The molecule has 0 saturated heterocycles. The van der Waals surface area contributed by atoms with Crippen molar-refractivity contribution in [1.29, 1.82) is 0 Å². The number of carboxylic acid groups (broad SMARTS) is 1. The number of hydrogen-bond donors (Lipinski definition) is 3. The number of benzene rings is 2. The number of halogens is 1. The Kier molecular flexibility index (Phi) is 3.36. The molecule has 3 N–H and O–H groups in total. The topological polar surface area (TPSA) is 78.0 Å². The van der Waals surface area contributed by atoms with Crippen LogP contribution in [0.4, 0.5) is 11.5 Å². The molecule has 0 fully saturated rings. The minimum atomic E-state index is -1.01. The Balaban J connectivity index is 1.96. The summed E-state index contributed by atoms with van der Waals surface area (Å²) < 4.78 is 0. The van der Waals surface area contributed by atoms with Gasteiger partial charge in [0, 0.05) is 21.5 Å². The average molecular weight is 338 g/mol. The standard InChI is InChI=1S/C18H12ClN3O2/c19-10-4-3-5-11(8-10)20-17-13-9-15(18(23)24)21-16(13)12-6-1-2-7-14(12)22-17/h1-9,21H,(H,20,22)(H,23,24). The van der Waals surface area contributed by atoms with Crippen molar-refractivity contribution in [3.05, 3.63) is 65.3 Å². The molecular weight excluding hydrogens is 326 g/mol. The van der Waals surface area contributed by atoms with Crippen molar-refractivity contribution in [3.63, 3.8) is 0 Å². The first-order chi connectivity index (χ1) is 11.6. The molecule has 0 radical (unpaired) electrons. The lowest BCUT2D eigenvalue weighted by Gasteiger charge is -2.09. The maximum atomic E-state index is 11.3. The van der Waals surface area contributed by atoms with E-state index in [9.17, 15) is 9.90 Å². The first-order valence-corrected chi connectivity index (χ1v) is 7.67. The monoisotopic (exact) mass is 337 g/mol. The molecule has 4 rings (SSSR count). The molecule has 118 valence electrons. The third-order valence-electron chi connectivity index (χ3n) is 3.80. The smallest absolute Gasteiger partial charge is 0.352 e. The van der Waals surface area contributed by atoms with Crippen LogP contribution in [0.5, 0.6) is 0 Å². The number of aromatic nitrogens is 2. The fraction of sp³-hybridized carbons (Fsp3) is 0. The minimum absolute atomic E-state index is 0.122. The van der Waals surface area contributed by atoms with Gasteiger partial charge in [-0.1, -0.05) is 35.9 Å². The molecular formula is C18H12ClN3O2. The van der Waals surface area contributed by atoms with Gasteiger partial charge < -0.3 is 15.4 Å². The molecule has 0 bridgehead atoms. The van der Waals surface area contributed by atoms with Gasteiger partial charge in [-0.3, -0.25) is 0 Å². The molecule has 0 saturated carbocycles. The summed E-state index contributed by atoms with van der Waals surface area (Å²) in [5.41, 5.74) is 2.41. The van der Waals surface area contributed by atoms with Gasteiger partial charge in [-0.2, -0.15) is 0 Å². The van der Waals surface area contributed by atoms with Gasteiger partial charge in [0.2, 0.25) is 0 Å². The molecule has 0 spiro atoms. The normalized spacial score (nSPS) is 11.0. The molecule has 0 aliphatic rings. The quantitative estimate of drug-likeness (QED) is 0.501. The van der Waals surface area contributed by atoms with Crippen LogP contribution in [0, 0.1) is 0 Å². The van der Waals surface area contributed by atoms with Gasteiger partial charge in [0.25, 0.3) is 0 Å². The summed E-state index contributed by atoms with van der Waals surface area (Å²) >= 11 is 6.03. The number of anilines is 2. The third-order valence-corrected chi connectivity index (χ3v) is 4.03. The van der Waals surface area contributed by atoms with Crippen LogP contribution in [-0.4, -0.2) is 21.0 Å². The maximum Gasteiger partial charge on any atom is 0.352 e. The van der Waals surface area contributed by atoms with Crippen molar-refractivity contribution in [3.8, 4) is 0 Å². The van der Waals surface area contributed by atoms with Crippen LogP contribution < -0.4 is 5.32 Å². The number of hydrogen-bond acceptors (Lipinski definition) is 3. The molecule has 2 heterocycles. The number of H-pyrrole nitrogens is 1. The molecule has 0 unspecified atom stereocenters. The van der Waals surface area contributed by atoms with E-state index in [4.69, 9.17) is 11.6 Å². The predicted octanol–water partition coefficient (Wildman–Crippen LogP) is 4.81. The van der Waals surface area contributed by atoms with Gasteiger partial charge in [-0.05, 0) is 30.3 Å². The van der Waals surface area contributed by atoms with Crippen molar-refractivity contribution in [2.75, 3.05) is 5.32 Å². The van der Waals surface area contributed by atoms with E-state index in [0.717, 1.165) is 22.1 Å². The molecule has 0 amide bonds. The third kappa shape index (κ3) is 2.45. The molecule has 4 aromatic rings. The highest BCUT2D eigenvalue weighted by Gasteiger charge is 2.15. The number of aromatic amines is 1. The zero-order valence-electron chi connectivity index (χ0n) is 12.4. The summed E-state index contributed by atoms with van der Waals surface area (Å²) in [5.74, 6) is -0.432. The Hall–Kier alpha value is -3.05. The summed E-state index contributed by atoms with van der Waals surface area (Å²) in [6.45, 7) is 0.